The monoisotopic (exact) mass is 278 g/mol. The number of carboxylic acid groups (broad SMARTS) is 1. The number of halogens is 1. The van der Waals surface area contributed by atoms with Crippen molar-refractivity contribution >= 4 is 17.7 Å². The van der Waals surface area contributed by atoms with Crippen molar-refractivity contribution in [1.82, 2.24) is 4.90 Å². The zero-order valence-corrected chi connectivity index (χ0v) is 11.0. The first-order valence-electron chi connectivity index (χ1n) is 5.96. The number of rotatable bonds is 5. The fourth-order valence-corrected chi connectivity index (χ4v) is 1.71. The number of carbonyl (C=O) groups excluding carboxylic acids is 1. The van der Waals surface area contributed by atoms with E-state index in [-0.39, 0.29) is 13.1 Å². The predicted octanol–water partition coefficient (Wildman–Crippen LogP) is 1.79. The van der Waals surface area contributed by atoms with Crippen molar-refractivity contribution in [3.8, 4) is 12.3 Å². The van der Waals surface area contributed by atoms with Gasteiger partial charge in [0.05, 0.1) is 6.54 Å². The summed E-state index contributed by atoms with van der Waals surface area (Å²) >= 11 is 0. The first-order valence-corrected chi connectivity index (χ1v) is 5.96. The third-order valence-corrected chi connectivity index (χ3v) is 2.55. The Hall–Kier alpha value is -2.55. The Morgan fingerprint density at radius 3 is 2.65 bits per heavy atom. The zero-order chi connectivity index (χ0) is 15.1. The van der Waals surface area contributed by atoms with Crippen molar-refractivity contribution in [1.29, 1.82) is 0 Å². The highest BCUT2D eigenvalue weighted by Crippen LogP contribution is 2.17. The fraction of sp³-hybridized carbons (Fsp3) is 0.286. The van der Waals surface area contributed by atoms with Crippen molar-refractivity contribution in [2.24, 2.45) is 0 Å². The second-order valence-corrected chi connectivity index (χ2v) is 3.96. The molecular formula is C14H15FN2O3. The number of hydrogen-bond acceptors (Lipinski definition) is 2. The summed E-state index contributed by atoms with van der Waals surface area (Å²) in [6.45, 7) is 1.34. The topological polar surface area (TPSA) is 60.9 Å². The van der Waals surface area contributed by atoms with Gasteiger partial charge >= 0.3 is 12.0 Å². The molecule has 0 heterocycles. The van der Waals surface area contributed by atoms with Crippen LogP contribution in [-0.2, 0) is 4.79 Å². The lowest BCUT2D eigenvalue weighted by Crippen LogP contribution is -2.45. The molecule has 0 saturated heterocycles. The Kier molecular flexibility index (Phi) is 5.54. The SMILES string of the molecule is C#CCN(CC(=O)O)C(=O)N(CC)c1cccc(F)c1. The molecule has 0 fully saturated rings. The first-order chi connectivity index (χ1) is 9.49. The second kappa shape index (κ2) is 7.14. The Morgan fingerprint density at radius 2 is 2.15 bits per heavy atom. The van der Waals surface area contributed by atoms with Crippen molar-refractivity contribution in [2.45, 2.75) is 6.92 Å². The van der Waals surface area contributed by atoms with E-state index in [1.165, 1.54) is 23.1 Å². The van der Waals surface area contributed by atoms with Crippen molar-refractivity contribution in [3.63, 3.8) is 0 Å². The number of benzene rings is 1. The lowest BCUT2D eigenvalue weighted by Gasteiger charge is -2.27. The molecule has 1 aromatic rings. The molecule has 0 aliphatic carbocycles. The average molecular weight is 278 g/mol. The van der Waals surface area contributed by atoms with Crippen LogP contribution in [0.5, 0.6) is 0 Å². The summed E-state index contributed by atoms with van der Waals surface area (Å²) in [6, 6.07) is 4.94. The normalized spacial score (nSPS) is 9.65. The zero-order valence-electron chi connectivity index (χ0n) is 11.0. The minimum absolute atomic E-state index is 0.128. The van der Waals surface area contributed by atoms with Crippen LogP contribution in [0, 0.1) is 18.2 Å². The Labute approximate surface area is 116 Å². The molecule has 1 N–H and O–H groups in total. The summed E-state index contributed by atoms with van der Waals surface area (Å²) in [6.07, 6.45) is 5.13. The largest absolute Gasteiger partial charge is 0.480 e. The molecular weight excluding hydrogens is 263 g/mol. The van der Waals surface area contributed by atoms with Gasteiger partial charge in [-0.3, -0.25) is 9.69 Å². The van der Waals surface area contributed by atoms with E-state index in [2.05, 4.69) is 5.92 Å². The van der Waals surface area contributed by atoms with Gasteiger partial charge in [0.2, 0.25) is 0 Å². The number of hydrogen-bond donors (Lipinski definition) is 1. The molecule has 6 heteroatoms. The molecule has 0 radical (unpaired) electrons. The van der Waals surface area contributed by atoms with E-state index in [1.807, 2.05) is 0 Å². The van der Waals surface area contributed by atoms with Crippen LogP contribution in [0.3, 0.4) is 0 Å². The van der Waals surface area contributed by atoms with Gasteiger partial charge in [-0.1, -0.05) is 12.0 Å². The summed E-state index contributed by atoms with van der Waals surface area (Å²) in [5.41, 5.74) is 0.352. The average Bonchev–Trinajstić information content (AvgIpc) is 2.38. The molecule has 0 aliphatic heterocycles. The minimum Gasteiger partial charge on any atom is -0.480 e. The highest BCUT2D eigenvalue weighted by molar-refractivity contribution is 5.93. The van der Waals surface area contributed by atoms with Gasteiger partial charge in [0.15, 0.2) is 0 Å². The highest BCUT2D eigenvalue weighted by atomic mass is 19.1. The van der Waals surface area contributed by atoms with Gasteiger partial charge in [0, 0.05) is 12.2 Å². The van der Waals surface area contributed by atoms with Crippen molar-refractivity contribution in [2.75, 3.05) is 24.5 Å². The number of urea groups is 1. The number of amides is 2. The minimum atomic E-state index is -1.16. The van der Waals surface area contributed by atoms with E-state index in [0.717, 1.165) is 4.90 Å². The lowest BCUT2D eigenvalue weighted by atomic mass is 10.3. The van der Waals surface area contributed by atoms with Crippen molar-refractivity contribution < 1.29 is 19.1 Å². The van der Waals surface area contributed by atoms with Gasteiger partial charge in [0.1, 0.15) is 12.4 Å². The molecule has 0 bridgehead atoms. The molecule has 106 valence electrons. The van der Waals surface area contributed by atoms with Crippen LogP contribution >= 0.6 is 0 Å². The Balaban J connectivity index is 3.00. The van der Waals surface area contributed by atoms with Gasteiger partial charge in [-0.25, -0.2) is 9.18 Å². The van der Waals surface area contributed by atoms with Gasteiger partial charge in [-0.2, -0.15) is 0 Å². The standard InChI is InChI=1S/C14H15FN2O3/c1-3-8-16(10-13(18)19)14(20)17(4-2)12-7-5-6-11(15)9-12/h1,5-7,9H,4,8,10H2,2H3,(H,18,19). The van der Waals surface area contributed by atoms with Crippen LogP contribution in [0.15, 0.2) is 24.3 Å². The van der Waals surface area contributed by atoms with Gasteiger partial charge in [-0.05, 0) is 25.1 Å². The third kappa shape index (κ3) is 3.99. The van der Waals surface area contributed by atoms with E-state index in [9.17, 15) is 14.0 Å². The smallest absolute Gasteiger partial charge is 0.325 e. The van der Waals surface area contributed by atoms with Gasteiger partial charge in [0.25, 0.3) is 0 Å². The third-order valence-electron chi connectivity index (χ3n) is 2.55. The summed E-state index contributed by atoms with van der Waals surface area (Å²) in [7, 11) is 0. The second-order valence-electron chi connectivity index (χ2n) is 3.96. The van der Waals surface area contributed by atoms with E-state index in [1.54, 1.807) is 13.0 Å². The number of terminal acetylenes is 1. The van der Waals surface area contributed by atoms with Crippen LogP contribution in [0.2, 0.25) is 0 Å². The summed E-state index contributed by atoms with van der Waals surface area (Å²) in [4.78, 5) is 25.3. The van der Waals surface area contributed by atoms with Crippen LogP contribution in [0.25, 0.3) is 0 Å². The quantitative estimate of drug-likeness (QED) is 0.835. The number of aliphatic carboxylic acids is 1. The lowest BCUT2D eigenvalue weighted by molar-refractivity contribution is -0.137. The maximum absolute atomic E-state index is 13.2. The maximum Gasteiger partial charge on any atom is 0.325 e. The van der Waals surface area contributed by atoms with Gasteiger partial charge < -0.3 is 10.0 Å². The van der Waals surface area contributed by atoms with E-state index >= 15 is 0 Å². The molecule has 0 atom stereocenters. The molecule has 2 amide bonds. The highest BCUT2D eigenvalue weighted by Gasteiger charge is 2.22. The summed E-state index contributed by atoms with van der Waals surface area (Å²) < 4.78 is 13.2. The summed E-state index contributed by atoms with van der Waals surface area (Å²) in [5, 5.41) is 8.79. The Morgan fingerprint density at radius 1 is 1.45 bits per heavy atom. The molecule has 0 aliphatic rings. The molecule has 0 spiro atoms. The molecule has 0 saturated carbocycles. The fourth-order valence-electron chi connectivity index (χ4n) is 1.71. The van der Waals surface area contributed by atoms with Gasteiger partial charge in [-0.15, -0.1) is 6.42 Å². The number of nitrogens with zero attached hydrogens (tertiary/aromatic N) is 2. The van der Waals surface area contributed by atoms with Crippen LogP contribution in [-0.4, -0.2) is 41.6 Å². The number of carbonyl (C=O) groups is 2. The molecule has 1 aromatic carbocycles. The molecule has 20 heavy (non-hydrogen) atoms. The molecule has 1 rings (SSSR count). The molecule has 5 nitrogen and oxygen atoms in total. The maximum atomic E-state index is 13.2. The number of carboxylic acids is 1. The van der Waals surface area contributed by atoms with E-state index in [0.29, 0.717) is 5.69 Å². The van der Waals surface area contributed by atoms with Crippen molar-refractivity contribution in [3.05, 3.63) is 30.1 Å². The van der Waals surface area contributed by atoms with E-state index < -0.39 is 24.4 Å². The van der Waals surface area contributed by atoms with Crippen LogP contribution in [0.4, 0.5) is 14.9 Å². The first kappa shape index (κ1) is 15.5. The Bertz CT molecular complexity index is 539. The number of anilines is 1. The van der Waals surface area contributed by atoms with E-state index in [4.69, 9.17) is 11.5 Å². The summed E-state index contributed by atoms with van der Waals surface area (Å²) in [5.74, 6) is 0.597. The molecule has 0 unspecified atom stereocenters. The van der Waals surface area contributed by atoms with Crippen LogP contribution < -0.4 is 4.90 Å². The molecule has 0 aromatic heterocycles. The van der Waals surface area contributed by atoms with Crippen LogP contribution in [0.1, 0.15) is 6.92 Å². The predicted molar refractivity (Wildman–Crippen MR) is 72.9 cm³/mol.